The van der Waals surface area contributed by atoms with Crippen LogP contribution in [0.2, 0.25) is 0 Å². The number of aromatic amines is 1. The van der Waals surface area contributed by atoms with Crippen LogP contribution in [-0.4, -0.2) is 87.9 Å². The summed E-state index contributed by atoms with van der Waals surface area (Å²) in [5.41, 5.74) is 2.04. The van der Waals surface area contributed by atoms with Crippen LogP contribution in [0.5, 0.6) is 11.5 Å². The van der Waals surface area contributed by atoms with Gasteiger partial charge in [0.15, 0.2) is 0 Å². The molecule has 332 valence electrons. The maximum atomic E-state index is 13.9. The third-order valence-corrected chi connectivity index (χ3v) is 12.7. The van der Waals surface area contributed by atoms with Gasteiger partial charge in [-0.15, -0.1) is 0 Å². The van der Waals surface area contributed by atoms with Crippen LogP contribution in [-0.2, 0) is 28.3 Å². The molecule has 0 unspecified atom stereocenters. The number of carbonyl (C=O) groups is 2. The van der Waals surface area contributed by atoms with Gasteiger partial charge in [-0.3, -0.25) is 14.5 Å². The average molecular weight is 865 g/mol. The number of aliphatic hydroxyl groups is 2. The van der Waals surface area contributed by atoms with Gasteiger partial charge in [0, 0.05) is 48.8 Å². The number of phenols is 1. The normalized spacial score (nSPS) is 16.6. The fraction of sp³-hybridized carbons (Fsp3) is 0.327. The first-order valence-corrected chi connectivity index (χ1v) is 22.2. The highest BCUT2D eigenvalue weighted by Crippen LogP contribution is 2.34. The van der Waals surface area contributed by atoms with Crippen molar-refractivity contribution >= 4 is 22.8 Å². The predicted octanol–water partition coefficient (Wildman–Crippen LogP) is 6.68. The van der Waals surface area contributed by atoms with Gasteiger partial charge in [0.05, 0.1) is 18.2 Å². The van der Waals surface area contributed by atoms with E-state index in [1.165, 1.54) is 17.7 Å². The lowest BCUT2D eigenvalue weighted by atomic mass is 9.86. The van der Waals surface area contributed by atoms with E-state index in [1.54, 1.807) is 60.7 Å². The Kier molecular flexibility index (Phi) is 14.2. The summed E-state index contributed by atoms with van der Waals surface area (Å²) in [6, 6.07) is 39.7. The molecule has 1 aromatic heterocycles. The number of aliphatic hydroxyl groups excluding tert-OH is 1. The second kappa shape index (κ2) is 20.5. The number of pyridine rings is 1. The Morgan fingerprint density at radius 1 is 0.766 bits per heavy atom. The van der Waals surface area contributed by atoms with Gasteiger partial charge in [-0.05, 0) is 116 Å². The zero-order valence-corrected chi connectivity index (χ0v) is 35.9. The summed E-state index contributed by atoms with van der Waals surface area (Å²) in [5, 5.41) is 37.3. The second-order valence-electron chi connectivity index (χ2n) is 17.1. The van der Waals surface area contributed by atoms with Gasteiger partial charge >= 0.3 is 5.97 Å². The maximum Gasteiger partial charge on any atom is 0.347 e. The number of nitrogens with one attached hydrogen (secondary N) is 2. The average Bonchev–Trinajstić information content (AvgIpc) is 3.34. The Bertz CT molecular complexity index is 2550. The van der Waals surface area contributed by atoms with Crippen molar-refractivity contribution in [1.82, 2.24) is 20.1 Å². The van der Waals surface area contributed by atoms with E-state index in [2.05, 4.69) is 39.5 Å². The van der Waals surface area contributed by atoms with Crippen LogP contribution in [0.1, 0.15) is 70.0 Å². The van der Waals surface area contributed by atoms with Crippen LogP contribution in [0.3, 0.4) is 0 Å². The van der Waals surface area contributed by atoms with Crippen molar-refractivity contribution < 1.29 is 34.4 Å². The zero-order valence-electron chi connectivity index (χ0n) is 35.9. The molecule has 0 bridgehead atoms. The highest BCUT2D eigenvalue weighted by Gasteiger charge is 2.42. The van der Waals surface area contributed by atoms with E-state index in [-0.39, 0.29) is 36.3 Å². The minimum atomic E-state index is -2.04. The molecule has 5 aromatic carbocycles. The van der Waals surface area contributed by atoms with Crippen molar-refractivity contribution in [2.24, 2.45) is 11.8 Å². The van der Waals surface area contributed by atoms with Crippen LogP contribution in [0.25, 0.3) is 10.9 Å². The van der Waals surface area contributed by atoms with E-state index in [4.69, 9.17) is 9.47 Å². The molecular weight excluding hydrogens is 809 g/mol. The van der Waals surface area contributed by atoms with Crippen molar-refractivity contribution in [3.8, 4) is 11.5 Å². The molecule has 0 aliphatic carbocycles. The number of aromatic nitrogens is 1. The molecule has 2 saturated heterocycles. The molecule has 2 fully saturated rings. The Labute approximate surface area is 373 Å². The zero-order chi connectivity index (χ0) is 44.5. The summed E-state index contributed by atoms with van der Waals surface area (Å²) >= 11 is 0. The van der Waals surface area contributed by atoms with Gasteiger partial charge in [-0.2, -0.15) is 0 Å². The quantitative estimate of drug-likeness (QED) is 0.0664. The number of esters is 1. The molecule has 0 spiro atoms. The number of phenolic OH excluding ortho intramolecular Hbond substituents is 1. The molecule has 8 rings (SSSR count). The Balaban J connectivity index is 0.807. The first-order chi connectivity index (χ1) is 31.1. The van der Waals surface area contributed by atoms with E-state index in [0.29, 0.717) is 71.0 Å². The third kappa shape index (κ3) is 10.5. The number of piperidine rings is 2. The van der Waals surface area contributed by atoms with E-state index in [1.807, 2.05) is 41.3 Å². The van der Waals surface area contributed by atoms with Gasteiger partial charge in [0.25, 0.3) is 5.91 Å². The third-order valence-electron chi connectivity index (χ3n) is 12.7. The minimum Gasteiger partial charge on any atom is -0.506 e. The number of hydrogen-bond donors (Lipinski definition) is 5. The fourth-order valence-corrected chi connectivity index (χ4v) is 8.86. The lowest BCUT2D eigenvalue weighted by Crippen LogP contribution is -2.41. The molecule has 12 heteroatoms. The summed E-state index contributed by atoms with van der Waals surface area (Å²) in [6.45, 7) is 5.43. The van der Waals surface area contributed by atoms with Gasteiger partial charge in [-0.1, -0.05) is 91.0 Å². The standard InChI is InChI=1S/C52H56N4O8/c57-46-20-18-44(45-19-21-48(59)54-49(45)46)47(58)32-53-31-36-24-28-56(29-25-36)50(60)40-16-14-38(15-17-40)34-63-43-13-7-12-42(30-43)52(62,41-10-5-2-6-11-41)51(61)64-35-39-22-26-55(27-23-39)33-37-8-3-1-4-9-37/h1-21,30,36,39,47,53,57-58,62H,22-29,31-35H2,(H,54,59)/t47-,52-/m0/s1. The molecule has 2 atom stereocenters. The molecule has 64 heavy (non-hydrogen) atoms. The van der Waals surface area contributed by atoms with Crippen molar-refractivity contribution in [3.05, 3.63) is 177 Å². The maximum absolute atomic E-state index is 13.9. The largest absolute Gasteiger partial charge is 0.506 e. The molecule has 12 nitrogen and oxygen atoms in total. The van der Waals surface area contributed by atoms with E-state index >= 15 is 0 Å². The number of nitrogens with zero attached hydrogens (tertiary/aromatic N) is 2. The molecule has 1 amide bonds. The topological polar surface area (TPSA) is 165 Å². The van der Waals surface area contributed by atoms with Gasteiger partial charge in [-0.25, -0.2) is 4.79 Å². The highest BCUT2D eigenvalue weighted by atomic mass is 16.5. The first-order valence-electron chi connectivity index (χ1n) is 22.2. The van der Waals surface area contributed by atoms with Crippen LogP contribution < -0.4 is 15.6 Å². The van der Waals surface area contributed by atoms with Crippen molar-refractivity contribution in [2.45, 2.75) is 50.5 Å². The van der Waals surface area contributed by atoms with Crippen LogP contribution in [0, 0.1) is 11.8 Å². The fourth-order valence-electron chi connectivity index (χ4n) is 8.86. The number of rotatable bonds is 16. The molecule has 6 aromatic rings. The van der Waals surface area contributed by atoms with Crippen LogP contribution in [0.4, 0.5) is 0 Å². The van der Waals surface area contributed by atoms with Crippen LogP contribution in [0.15, 0.2) is 138 Å². The number of carbonyl (C=O) groups excluding carboxylic acids is 2. The number of fused-ring (bicyclic) bond motifs is 1. The van der Waals surface area contributed by atoms with E-state index in [9.17, 15) is 29.7 Å². The monoisotopic (exact) mass is 864 g/mol. The number of amides is 1. The molecule has 2 aliphatic heterocycles. The van der Waals surface area contributed by atoms with Gasteiger partial charge in [0.1, 0.15) is 18.1 Å². The second-order valence-corrected chi connectivity index (χ2v) is 17.1. The van der Waals surface area contributed by atoms with Crippen molar-refractivity contribution in [1.29, 1.82) is 0 Å². The number of likely N-dealkylation sites (tertiary alicyclic amines) is 2. The summed E-state index contributed by atoms with van der Waals surface area (Å²) in [4.78, 5) is 46.1. The number of aromatic hydroxyl groups is 1. The molecule has 2 aliphatic rings. The Hall–Kier alpha value is -6.31. The summed E-state index contributed by atoms with van der Waals surface area (Å²) in [7, 11) is 0. The lowest BCUT2D eigenvalue weighted by molar-refractivity contribution is -0.164. The van der Waals surface area contributed by atoms with E-state index < -0.39 is 17.7 Å². The Morgan fingerprint density at radius 3 is 2.19 bits per heavy atom. The molecule has 0 saturated carbocycles. The lowest BCUT2D eigenvalue weighted by Gasteiger charge is -2.33. The molecule has 5 N–H and O–H groups in total. The molecule has 3 heterocycles. The van der Waals surface area contributed by atoms with Gasteiger partial charge in [0.2, 0.25) is 11.2 Å². The number of hydrogen-bond acceptors (Lipinski definition) is 10. The van der Waals surface area contributed by atoms with Gasteiger partial charge < -0.3 is 40.0 Å². The van der Waals surface area contributed by atoms with Crippen LogP contribution >= 0.6 is 0 Å². The summed E-state index contributed by atoms with van der Waals surface area (Å²) in [5.74, 6) is 0.229. The summed E-state index contributed by atoms with van der Waals surface area (Å²) in [6.07, 6.45) is 2.64. The SMILES string of the molecule is O=C(c1ccc(COc2cccc([C@](O)(C(=O)OCC3CCN(Cc4ccccc4)CC3)c3ccccc3)c2)cc1)N1CCC(CNC[C@H](O)c2ccc(O)c3[nH]c(=O)ccc23)CC1. The Morgan fingerprint density at radius 2 is 1.45 bits per heavy atom. The summed E-state index contributed by atoms with van der Waals surface area (Å²) < 4.78 is 12.1. The predicted molar refractivity (Wildman–Crippen MR) is 245 cm³/mol. The smallest absolute Gasteiger partial charge is 0.347 e. The highest BCUT2D eigenvalue weighted by molar-refractivity contribution is 5.94. The minimum absolute atomic E-state index is 0.0279. The van der Waals surface area contributed by atoms with E-state index in [0.717, 1.165) is 50.9 Å². The number of ether oxygens (including phenoxy) is 2. The van der Waals surface area contributed by atoms with Crippen molar-refractivity contribution in [3.63, 3.8) is 0 Å². The molecule has 0 radical (unpaired) electrons. The number of benzene rings is 5. The number of H-pyrrole nitrogens is 1. The van der Waals surface area contributed by atoms with Crippen molar-refractivity contribution in [2.75, 3.05) is 45.9 Å². The first kappa shape index (κ1) is 44.3. The molecular formula is C52H56N4O8.